The maximum Gasteiger partial charge on any atom is 0.258 e. The highest BCUT2D eigenvalue weighted by molar-refractivity contribution is 6.02. The van der Waals surface area contributed by atoms with Gasteiger partial charge in [0.05, 0.1) is 36.3 Å². The molecule has 2 bridgehead atoms. The lowest BCUT2D eigenvalue weighted by molar-refractivity contribution is 0.0393. The SMILES string of the molecule is COc1cccn2ncc(C(=O)N3[C@@H]4CCC[C@H]3c3nn(C)c(-c5cc(F)c(F)c(F)c5)c3C4)c12. The van der Waals surface area contributed by atoms with E-state index >= 15 is 0 Å². The molecule has 2 aliphatic heterocycles. The molecule has 3 aromatic heterocycles. The van der Waals surface area contributed by atoms with Crippen LogP contribution in [0.25, 0.3) is 16.8 Å². The number of ether oxygens (including phenoxy) is 1. The fraction of sp³-hybridized carbons (Fsp3) is 0.320. The van der Waals surface area contributed by atoms with Crippen molar-refractivity contribution in [3.63, 3.8) is 0 Å². The number of carbonyl (C=O) groups excluding carboxylic acids is 1. The van der Waals surface area contributed by atoms with E-state index in [4.69, 9.17) is 4.74 Å². The van der Waals surface area contributed by atoms with Gasteiger partial charge in [0.15, 0.2) is 17.5 Å². The number of amides is 1. The van der Waals surface area contributed by atoms with Gasteiger partial charge in [-0.3, -0.25) is 9.48 Å². The number of hydrogen-bond acceptors (Lipinski definition) is 4. The van der Waals surface area contributed by atoms with E-state index in [1.54, 1.807) is 47.9 Å². The highest BCUT2D eigenvalue weighted by atomic mass is 19.2. The van der Waals surface area contributed by atoms with Gasteiger partial charge in [-0.1, -0.05) is 0 Å². The molecule has 7 nitrogen and oxygen atoms in total. The molecular formula is C25H22F3N5O2. The third-order valence-electron chi connectivity index (χ3n) is 7.12. The largest absolute Gasteiger partial charge is 0.494 e. The zero-order valence-electron chi connectivity index (χ0n) is 19.1. The van der Waals surface area contributed by atoms with Crippen LogP contribution in [0, 0.1) is 17.5 Å². The summed E-state index contributed by atoms with van der Waals surface area (Å²) in [4.78, 5) is 15.8. The van der Waals surface area contributed by atoms with Crippen molar-refractivity contribution in [2.45, 2.75) is 37.8 Å². The lowest BCUT2D eigenvalue weighted by Gasteiger charge is -2.45. The van der Waals surface area contributed by atoms with Crippen molar-refractivity contribution in [1.82, 2.24) is 24.3 Å². The van der Waals surface area contributed by atoms with Crippen LogP contribution in [0.4, 0.5) is 13.2 Å². The average molecular weight is 481 g/mol. The Morgan fingerprint density at radius 3 is 2.69 bits per heavy atom. The van der Waals surface area contributed by atoms with Crippen LogP contribution in [-0.4, -0.2) is 43.4 Å². The van der Waals surface area contributed by atoms with Crippen LogP contribution in [0.3, 0.4) is 0 Å². The maximum atomic E-state index is 14.0. The summed E-state index contributed by atoms with van der Waals surface area (Å²) in [6.45, 7) is 0. The second-order valence-electron chi connectivity index (χ2n) is 9.03. The molecule has 4 aromatic rings. The summed E-state index contributed by atoms with van der Waals surface area (Å²) < 4.78 is 50.3. The van der Waals surface area contributed by atoms with Crippen LogP contribution < -0.4 is 4.74 Å². The standard InChI is InChI=1S/C25H22F3N5O2/c1-31-23(13-9-17(26)21(28)18(27)10-13)15-11-14-5-3-6-19(22(15)30-31)33(14)25(34)16-12-29-32-8-4-7-20(35-2)24(16)32/h4,7-10,12,14,19H,3,5-6,11H2,1-2H3/t14-,19+/m1/s1. The lowest BCUT2D eigenvalue weighted by Crippen LogP contribution is -2.49. The molecule has 0 aliphatic carbocycles. The number of piperidine rings is 1. The summed E-state index contributed by atoms with van der Waals surface area (Å²) in [6, 6.07) is 5.17. The molecule has 180 valence electrons. The first kappa shape index (κ1) is 21.7. The second-order valence-corrected chi connectivity index (χ2v) is 9.03. The minimum absolute atomic E-state index is 0.114. The summed E-state index contributed by atoms with van der Waals surface area (Å²) in [5.41, 5.74) is 3.36. The van der Waals surface area contributed by atoms with E-state index in [1.165, 1.54) is 0 Å². The van der Waals surface area contributed by atoms with Gasteiger partial charge >= 0.3 is 0 Å². The first-order valence-electron chi connectivity index (χ1n) is 11.4. The van der Waals surface area contributed by atoms with Crippen molar-refractivity contribution in [3.8, 4) is 17.0 Å². The first-order valence-corrected chi connectivity index (χ1v) is 11.4. The number of aryl methyl sites for hydroxylation is 1. The molecule has 0 spiro atoms. The molecular weight excluding hydrogens is 459 g/mol. The second kappa shape index (κ2) is 7.86. The fourth-order valence-corrected chi connectivity index (χ4v) is 5.67. The van der Waals surface area contributed by atoms with Crippen LogP contribution in [0.5, 0.6) is 5.75 Å². The minimum atomic E-state index is -1.50. The molecule has 35 heavy (non-hydrogen) atoms. The smallest absolute Gasteiger partial charge is 0.258 e. The molecule has 0 unspecified atom stereocenters. The maximum absolute atomic E-state index is 14.0. The molecule has 0 saturated carbocycles. The number of fused-ring (bicyclic) bond motifs is 5. The molecule has 0 radical (unpaired) electrons. The molecule has 1 saturated heterocycles. The summed E-state index contributed by atoms with van der Waals surface area (Å²) in [6.07, 6.45) is 6.24. The van der Waals surface area contributed by atoms with E-state index in [9.17, 15) is 18.0 Å². The Labute approximate surface area is 198 Å². The molecule has 5 heterocycles. The van der Waals surface area contributed by atoms with Gasteiger partial charge in [-0.25, -0.2) is 17.7 Å². The molecule has 10 heteroatoms. The van der Waals surface area contributed by atoms with Crippen molar-refractivity contribution < 1.29 is 22.7 Å². The quantitative estimate of drug-likeness (QED) is 0.406. The van der Waals surface area contributed by atoms with Gasteiger partial charge in [-0.15, -0.1) is 0 Å². The van der Waals surface area contributed by atoms with E-state index in [2.05, 4.69) is 10.2 Å². The van der Waals surface area contributed by atoms with E-state index < -0.39 is 17.5 Å². The summed E-state index contributed by atoms with van der Waals surface area (Å²) in [5, 5.41) is 9.01. The Bertz CT molecular complexity index is 1470. The summed E-state index contributed by atoms with van der Waals surface area (Å²) in [7, 11) is 3.24. The van der Waals surface area contributed by atoms with Crippen molar-refractivity contribution in [2.75, 3.05) is 7.11 Å². The Balaban J connectivity index is 1.45. The molecule has 0 N–H and O–H groups in total. The Morgan fingerprint density at radius 1 is 1.17 bits per heavy atom. The molecule has 6 rings (SSSR count). The van der Waals surface area contributed by atoms with Gasteiger partial charge in [0, 0.05) is 30.4 Å². The normalized spacial score (nSPS) is 19.2. The molecule has 1 fully saturated rings. The van der Waals surface area contributed by atoms with E-state index in [1.807, 2.05) is 4.90 Å². The fourth-order valence-electron chi connectivity index (χ4n) is 5.67. The number of halogens is 3. The first-order chi connectivity index (χ1) is 16.9. The van der Waals surface area contributed by atoms with Gasteiger partial charge in [0.25, 0.3) is 5.91 Å². The van der Waals surface area contributed by atoms with Crippen LogP contribution in [-0.2, 0) is 13.5 Å². The van der Waals surface area contributed by atoms with E-state index in [-0.39, 0.29) is 23.6 Å². The number of nitrogens with zero attached hydrogens (tertiary/aromatic N) is 5. The highest BCUT2D eigenvalue weighted by Gasteiger charge is 2.44. The zero-order chi connectivity index (χ0) is 24.4. The number of benzene rings is 1. The van der Waals surface area contributed by atoms with Crippen LogP contribution in [0.2, 0.25) is 0 Å². The molecule has 2 atom stereocenters. The summed E-state index contributed by atoms with van der Waals surface area (Å²) >= 11 is 0. The van der Waals surface area contributed by atoms with E-state index in [0.29, 0.717) is 41.1 Å². The number of carbonyl (C=O) groups is 1. The number of hydrogen-bond donors (Lipinski definition) is 0. The average Bonchev–Trinajstić information content (AvgIpc) is 3.42. The number of rotatable bonds is 3. The molecule has 1 amide bonds. The van der Waals surface area contributed by atoms with Crippen LogP contribution in [0.1, 0.15) is 46.9 Å². The Morgan fingerprint density at radius 2 is 1.94 bits per heavy atom. The molecule has 1 aromatic carbocycles. The third-order valence-corrected chi connectivity index (χ3v) is 7.12. The van der Waals surface area contributed by atoms with Gasteiger partial charge in [0.2, 0.25) is 0 Å². The Kier molecular flexibility index (Phi) is 4.87. The third kappa shape index (κ3) is 3.15. The Hall–Kier alpha value is -3.82. The van der Waals surface area contributed by atoms with E-state index in [0.717, 1.165) is 30.5 Å². The monoisotopic (exact) mass is 481 g/mol. The predicted molar refractivity (Wildman–Crippen MR) is 121 cm³/mol. The zero-order valence-corrected chi connectivity index (χ0v) is 19.1. The number of pyridine rings is 1. The minimum Gasteiger partial charge on any atom is -0.494 e. The van der Waals surface area contributed by atoms with Crippen molar-refractivity contribution in [3.05, 3.63) is 70.9 Å². The van der Waals surface area contributed by atoms with Gasteiger partial charge in [-0.05, 0) is 49.9 Å². The van der Waals surface area contributed by atoms with Gasteiger partial charge in [-0.2, -0.15) is 10.2 Å². The van der Waals surface area contributed by atoms with Gasteiger partial charge < -0.3 is 9.64 Å². The lowest BCUT2D eigenvalue weighted by atomic mass is 9.81. The number of aromatic nitrogens is 4. The van der Waals surface area contributed by atoms with Crippen molar-refractivity contribution >= 4 is 11.4 Å². The van der Waals surface area contributed by atoms with Crippen molar-refractivity contribution in [1.29, 1.82) is 0 Å². The van der Waals surface area contributed by atoms with Gasteiger partial charge in [0.1, 0.15) is 11.3 Å². The predicted octanol–water partition coefficient (Wildman–Crippen LogP) is 4.45. The highest BCUT2D eigenvalue weighted by Crippen LogP contribution is 2.45. The van der Waals surface area contributed by atoms with Crippen LogP contribution in [0.15, 0.2) is 36.7 Å². The topological polar surface area (TPSA) is 64.7 Å². The number of methoxy groups -OCH3 is 1. The summed E-state index contributed by atoms with van der Waals surface area (Å²) in [5.74, 6) is -3.59. The molecule has 2 aliphatic rings. The van der Waals surface area contributed by atoms with Crippen molar-refractivity contribution in [2.24, 2.45) is 7.05 Å². The van der Waals surface area contributed by atoms with Crippen LogP contribution >= 0.6 is 0 Å².